The fraction of sp³-hybridized carbons (Fsp3) is 0.833. The van der Waals surface area contributed by atoms with Gasteiger partial charge in [0.1, 0.15) is 11.2 Å². The van der Waals surface area contributed by atoms with Crippen LogP contribution in [-0.2, 0) is 4.79 Å². The minimum Gasteiger partial charge on any atom is -0.301 e. The molecule has 0 radical (unpaired) electrons. The first-order valence-corrected chi connectivity index (χ1v) is 3.81. The van der Waals surface area contributed by atoms with E-state index in [1.54, 1.807) is 0 Å². The number of hydrogen-bond acceptors (Lipinski definition) is 1. The molecule has 0 aromatic carbocycles. The Bertz CT molecular complexity index is 95.1. The van der Waals surface area contributed by atoms with Crippen molar-refractivity contribution in [2.75, 3.05) is 5.88 Å². The topological polar surface area (TPSA) is 17.1 Å². The third kappa shape index (κ3) is 3.07. The quantitative estimate of drug-likeness (QED) is 0.465. The van der Waals surface area contributed by atoms with Crippen molar-refractivity contribution in [3.05, 3.63) is 0 Å². The highest BCUT2D eigenvalue weighted by Gasteiger charge is 2.23. The van der Waals surface area contributed by atoms with Crippen LogP contribution >= 0.6 is 23.2 Å². The summed E-state index contributed by atoms with van der Waals surface area (Å²) in [6.07, 6.45) is 2.25. The lowest BCUT2D eigenvalue weighted by Crippen LogP contribution is -2.24. The van der Waals surface area contributed by atoms with E-state index in [2.05, 4.69) is 0 Å². The molecule has 3 heteroatoms. The highest BCUT2D eigenvalue weighted by atomic mass is 35.5. The van der Waals surface area contributed by atoms with E-state index in [1.165, 1.54) is 0 Å². The van der Waals surface area contributed by atoms with Gasteiger partial charge in [-0.3, -0.25) is 0 Å². The molecule has 0 saturated carbocycles. The highest BCUT2D eigenvalue weighted by Crippen LogP contribution is 2.20. The summed E-state index contributed by atoms with van der Waals surface area (Å²) in [5, 5.41) is 0. The molecule has 0 saturated heterocycles. The van der Waals surface area contributed by atoms with E-state index in [4.69, 9.17) is 23.2 Å². The Balaban J connectivity index is 3.76. The SMILES string of the molecule is CCCC(Cl)(C=O)CCl. The molecule has 0 bridgehead atoms. The van der Waals surface area contributed by atoms with E-state index in [0.29, 0.717) is 12.7 Å². The van der Waals surface area contributed by atoms with Gasteiger partial charge in [-0.25, -0.2) is 0 Å². The van der Waals surface area contributed by atoms with E-state index >= 15 is 0 Å². The van der Waals surface area contributed by atoms with Gasteiger partial charge < -0.3 is 4.79 Å². The van der Waals surface area contributed by atoms with Crippen molar-refractivity contribution in [1.29, 1.82) is 0 Å². The lowest BCUT2D eigenvalue weighted by atomic mass is 10.1. The molecular formula is C6H10Cl2O. The second kappa shape index (κ2) is 4.13. The zero-order chi connectivity index (χ0) is 7.33. The van der Waals surface area contributed by atoms with Crippen molar-refractivity contribution < 1.29 is 4.79 Å². The van der Waals surface area contributed by atoms with Crippen LogP contribution in [0.4, 0.5) is 0 Å². The molecule has 0 aromatic heterocycles. The third-order valence-corrected chi connectivity index (χ3v) is 2.12. The largest absolute Gasteiger partial charge is 0.301 e. The minimum absolute atomic E-state index is 0.200. The van der Waals surface area contributed by atoms with Gasteiger partial charge >= 0.3 is 0 Å². The molecule has 1 nitrogen and oxygen atoms in total. The van der Waals surface area contributed by atoms with E-state index in [0.717, 1.165) is 6.42 Å². The van der Waals surface area contributed by atoms with Gasteiger partial charge in [-0.05, 0) is 6.42 Å². The highest BCUT2D eigenvalue weighted by molar-refractivity contribution is 6.37. The molecule has 0 spiro atoms. The number of carbonyl (C=O) groups is 1. The third-order valence-electron chi connectivity index (χ3n) is 1.10. The monoisotopic (exact) mass is 168 g/mol. The van der Waals surface area contributed by atoms with Crippen LogP contribution in [0.25, 0.3) is 0 Å². The van der Waals surface area contributed by atoms with E-state index in [9.17, 15) is 4.79 Å². The smallest absolute Gasteiger partial charge is 0.142 e. The van der Waals surface area contributed by atoms with Gasteiger partial charge in [0.2, 0.25) is 0 Å². The van der Waals surface area contributed by atoms with Gasteiger partial charge in [0.25, 0.3) is 0 Å². The summed E-state index contributed by atoms with van der Waals surface area (Å²) >= 11 is 11.1. The van der Waals surface area contributed by atoms with Gasteiger partial charge in [-0.1, -0.05) is 13.3 Å². The molecule has 0 aromatic rings. The van der Waals surface area contributed by atoms with Crippen molar-refractivity contribution in [2.24, 2.45) is 0 Å². The predicted molar refractivity (Wildman–Crippen MR) is 40.3 cm³/mol. The van der Waals surface area contributed by atoms with Crippen molar-refractivity contribution in [1.82, 2.24) is 0 Å². The number of carbonyl (C=O) groups excluding carboxylic acids is 1. The van der Waals surface area contributed by atoms with Crippen LogP contribution in [-0.4, -0.2) is 17.0 Å². The molecular weight excluding hydrogens is 159 g/mol. The second-order valence-corrected chi connectivity index (χ2v) is 3.06. The molecule has 0 N–H and O–H groups in total. The van der Waals surface area contributed by atoms with Gasteiger partial charge in [0.15, 0.2) is 0 Å². The fourth-order valence-corrected chi connectivity index (χ4v) is 0.958. The van der Waals surface area contributed by atoms with Gasteiger partial charge in [0, 0.05) is 5.88 Å². The zero-order valence-electron chi connectivity index (χ0n) is 5.36. The maximum atomic E-state index is 10.2. The Morgan fingerprint density at radius 1 is 1.67 bits per heavy atom. The predicted octanol–water partition coefficient (Wildman–Crippen LogP) is 2.20. The number of rotatable bonds is 4. The summed E-state index contributed by atoms with van der Waals surface area (Å²) in [6, 6.07) is 0. The molecule has 1 unspecified atom stereocenters. The van der Waals surface area contributed by atoms with Crippen LogP contribution in [0.5, 0.6) is 0 Å². The summed E-state index contributed by atoms with van der Waals surface area (Å²) in [6.45, 7) is 1.97. The summed E-state index contributed by atoms with van der Waals surface area (Å²) in [5.74, 6) is 0.200. The van der Waals surface area contributed by atoms with E-state index < -0.39 is 4.87 Å². The van der Waals surface area contributed by atoms with Crippen molar-refractivity contribution in [2.45, 2.75) is 24.6 Å². The van der Waals surface area contributed by atoms with Crippen molar-refractivity contribution in [3.63, 3.8) is 0 Å². The molecule has 0 aliphatic rings. The average molecular weight is 169 g/mol. The summed E-state index contributed by atoms with van der Waals surface area (Å²) in [7, 11) is 0. The molecule has 0 aliphatic carbocycles. The van der Waals surface area contributed by atoms with Crippen molar-refractivity contribution >= 4 is 29.5 Å². The average Bonchev–Trinajstić information content (AvgIpc) is 1.89. The van der Waals surface area contributed by atoms with Crippen LogP contribution in [0.15, 0.2) is 0 Å². The Kier molecular flexibility index (Phi) is 4.24. The first-order valence-electron chi connectivity index (χ1n) is 2.89. The normalized spacial score (nSPS) is 16.8. The molecule has 0 aliphatic heterocycles. The molecule has 0 amide bonds. The number of aldehydes is 1. The molecule has 54 valence electrons. The van der Waals surface area contributed by atoms with Gasteiger partial charge in [-0.2, -0.15) is 0 Å². The minimum atomic E-state index is -0.809. The molecule has 0 rings (SSSR count). The Morgan fingerprint density at radius 3 is 2.33 bits per heavy atom. The summed E-state index contributed by atoms with van der Waals surface area (Å²) in [4.78, 5) is 9.42. The van der Waals surface area contributed by atoms with Crippen LogP contribution in [0.3, 0.4) is 0 Å². The first-order chi connectivity index (χ1) is 4.18. The van der Waals surface area contributed by atoms with Crippen LogP contribution in [0, 0.1) is 0 Å². The number of hydrogen-bond donors (Lipinski definition) is 0. The zero-order valence-corrected chi connectivity index (χ0v) is 6.87. The summed E-state index contributed by atoms with van der Waals surface area (Å²) < 4.78 is 0. The molecule has 9 heavy (non-hydrogen) atoms. The van der Waals surface area contributed by atoms with Crippen LogP contribution < -0.4 is 0 Å². The maximum absolute atomic E-state index is 10.2. The first kappa shape index (κ1) is 9.25. The Labute approximate surface area is 65.3 Å². The standard InChI is InChI=1S/C6H10Cl2O/c1-2-3-6(8,4-7)5-9/h5H,2-4H2,1H3. The van der Waals surface area contributed by atoms with Gasteiger partial charge in [0.05, 0.1) is 0 Å². The molecule has 1 atom stereocenters. The maximum Gasteiger partial charge on any atom is 0.142 e. The van der Waals surface area contributed by atoms with Crippen LogP contribution in [0.2, 0.25) is 0 Å². The Hall–Kier alpha value is 0.250. The lowest BCUT2D eigenvalue weighted by Gasteiger charge is -2.14. The van der Waals surface area contributed by atoms with Gasteiger partial charge in [-0.15, -0.1) is 23.2 Å². The van der Waals surface area contributed by atoms with Crippen LogP contribution in [0.1, 0.15) is 19.8 Å². The molecule has 0 heterocycles. The number of alkyl halides is 2. The second-order valence-electron chi connectivity index (χ2n) is 2.04. The Morgan fingerprint density at radius 2 is 2.22 bits per heavy atom. The summed E-state index contributed by atoms with van der Waals surface area (Å²) in [5.41, 5.74) is 0. The fourth-order valence-electron chi connectivity index (χ4n) is 0.573. The lowest BCUT2D eigenvalue weighted by molar-refractivity contribution is -0.109. The number of halogens is 2. The molecule has 0 fully saturated rings. The van der Waals surface area contributed by atoms with Crippen molar-refractivity contribution in [3.8, 4) is 0 Å². The van der Waals surface area contributed by atoms with E-state index in [-0.39, 0.29) is 5.88 Å². The van der Waals surface area contributed by atoms with E-state index in [1.807, 2.05) is 6.92 Å².